The van der Waals surface area contributed by atoms with Crippen LogP contribution < -0.4 is 10.5 Å². The molecule has 0 spiro atoms. The van der Waals surface area contributed by atoms with E-state index in [-0.39, 0.29) is 10.8 Å². The van der Waals surface area contributed by atoms with E-state index < -0.39 is 10.0 Å². The third kappa shape index (κ3) is 3.49. The lowest BCUT2D eigenvalue weighted by molar-refractivity contribution is 0.583. The third-order valence-corrected chi connectivity index (χ3v) is 6.74. The SMILES string of the molecule is Nc1ccccc1CNS(=O)(=O)c1cc(Cl)c(Br)s1. The molecular weight excluding hydrogens is 372 g/mol. The maximum atomic E-state index is 12.1. The number of anilines is 1. The molecule has 1 heterocycles. The van der Waals surface area contributed by atoms with Gasteiger partial charge >= 0.3 is 0 Å². The van der Waals surface area contributed by atoms with Crippen molar-refractivity contribution in [3.05, 3.63) is 44.7 Å². The van der Waals surface area contributed by atoms with E-state index in [2.05, 4.69) is 20.7 Å². The molecule has 102 valence electrons. The van der Waals surface area contributed by atoms with Crippen molar-refractivity contribution in [3.8, 4) is 0 Å². The summed E-state index contributed by atoms with van der Waals surface area (Å²) in [5.74, 6) is 0. The summed E-state index contributed by atoms with van der Waals surface area (Å²) < 4.78 is 27.4. The predicted molar refractivity (Wildman–Crippen MR) is 81.9 cm³/mol. The molecule has 0 atom stereocenters. The standard InChI is InChI=1S/C11H10BrClN2O2S2/c12-11-8(13)5-10(18-11)19(16,17)15-6-7-3-1-2-4-9(7)14/h1-5,15H,6,14H2. The third-order valence-electron chi connectivity index (χ3n) is 2.40. The van der Waals surface area contributed by atoms with Gasteiger partial charge in [0.2, 0.25) is 10.0 Å². The summed E-state index contributed by atoms with van der Waals surface area (Å²) in [6.07, 6.45) is 0. The minimum Gasteiger partial charge on any atom is -0.398 e. The second-order valence-electron chi connectivity index (χ2n) is 3.71. The number of thiophene rings is 1. The Labute approximate surface area is 128 Å². The van der Waals surface area contributed by atoms with Crippen LogP contribution in [0.3, 0.4) is 0 Å². The number of nitrogen functional groups attached to an aromatic ring is 1. The number of halogens is 2. The highest BCUT2D eigenvalue weighted by Gasteiger charge is 2.18. The van der Waals surface area contributed by atoms with Crippen molar-refractivity contribution in [1.29, 1.82) is 0 Å². The van der Waals surface area contributed by atoms with E-state index >= 15 is 0 Å². The van der Waals surface area contributed by atoms with Crippen molar-refractivity contribution >= 4 is 54.6 Å². The Morgan fingerprint density at radius 3 is 2.63 bits per heavy atom. The molecule has 19 heavy (non-hydrogen) atoms. The van der Waals surface area contributed by atoms with Crippen LogP contribution in [-0.4, -0.2) is 8.42 Å². The molecule has 1 aromatic heterocycles. The lowest BCUT2D eigenvalue weighted by atomic mass is 10.2. The molecule has 4 nitrogen and oxygen atoms in total. The van der Waals surface area contributed by atoms with Crippen LogP contribution >= 0.6 is 38.9 Å². The molecule has 0 unspecified atom stereocenters. The Bertz CT molecular complexity index is 681. The Hall–Kier alpha value is -0.600. The molecular formula is C11H10BrClN2O2S2. The van der Waals surface area contributed by atoms with Crippen molar-refractivity contribution in [2.75, 3.05) is 5.73 Å². The number of sulfonamides is 1. The number of nitrogens with one attached hydrogen (secondary N) is 1. The molecule has 2 aromatic rings. The van der Waals surface area contributed by atoms with Gasteiger partial charge in [0.25, 0.3) is 0 Å². The van der Waals surface area contributed by atoms with Crippen LogP contribution in [0.15, 0.2) is 38.3 Å². The topological polar surface area (TPSA) is 72.2 Å². The van der Waals surface area contributed by atoms with Crippen LogP contribution in [0.2, 0.25) is 5.02 Å². The first-order valence-corrected chi connectivity index (χ1v) is 8.65. The van der Waals surface area contributed by atoms with Gasteiger partial charge in [0.05, 0.1) is 8.81 Å². The van der Waals surface area contributed by atoms with E-state index in [0.717, 1.165) is 16.9 Å². The Balaban J connectivity index is 2.17. The maximum Gasteiger partial charge on any atom is 0.250 e. The maximum absolute atomic E-state index is 12.1. The minimum atomic E-state index is -3.58. The van der Waals surface area contributed by atoms with Crippen LogP contribution in [0.5, 0.6) is 0 Å². The summed E-state index contributed by atoms with van der Waals surface area (Å²) in [6, 6.07) is 8.51. The lowest BCUT2D eigenvalue weighted by Crippen LogP contribution is -2.22. The van der Waals surface area contributed by atoms with E-state index in [1.807, 2.05) is 0 Å². The fourth-order valence-corrected chi connectivity index (χ4v) is 4.85. The second kappa shape index (κ2) is 5.80. The zero-order chi connectivity index (χ0) is 14.0. The molecule has 8 heteroatoms. The zero-order valence-corrected chi connectivity index (χ0v) is 13.5. The van der Waals surface area contributed by atoms with Crippen LogP contribution in [0, 0.1) is 0 Å². The summed E-state index contributed by atoms with van der Waals surface area (Å²) in [5.41, 5.74) is 7.04. The van der Waals surface area contributed by atoms with Crippen LogP contribution in [0.25, 0.3) is 0 Å². The Morgan fingerprint density at radius 2 is 2.05 bits per heavy atom. The highest BCUT2D eigenvalue weighted by molar-refractivity contribution is 9.11. The highest BCUT2D eigenvalue weighted by Crippen LogP contribution is 2.34. The first kappa shape index (κ1) is 14.8. The number of nitrogens with two attached hydrogens (primary N) is 1. The lowest BCUT2D eigenvalue weighted by Gasteiger charge is -2.07. The molecule has 1 aromatic carbocycles. The fraction of sp³-hybridized carbons (Fsp3) is 0.0909. The number of rotatable bonds is 4. The smallest absolute Gasteiger partial charge is 0.250 e. The average Bonchev–Trinajstić information content (AvgIpc) is 2.70. The van der Waals surface area contributed by atoms with Gasteiger partial charge in [0.1, 0.15) is 4.21 Å². The molecule has 0 amide bonds. The Kier molecular flexibility index (Phi) is 4.52. The predicted octanol–water partition coefficient (Wildman–Crippen LogP) is 3.22. The normalized spacial score (nSPS) is 11.7. The van der Waals surface area contributed by atoms with Gasteiger partial charge in [-0.2, -0.15) is 0 Å². The number of hydrogen-bond donors (Lipinski definition) is 2. The van der Waals surface area contributed by atoms with E-state index in [1.165, 1.54) is 6.07 Å². The molecule has 0 saturated heterocycles. The molecule has 0 aliphatic heterocycles. The molecule has 3 N–H and O–H groups in total. The number of hydrogen-bond acceptors (Lipinski definition) is 4. The molecule has 0 aliphatic carbocycles. The largest absolute Gasteiger partial charge is 0.398 e. The van der Waals surface area contributed by atoms with Crippen molar-refractivity contribution in [3.63, 3.8) is 0 Å². The zero-order valence-electron chi connectivity index (χ0n) is 9.56. The van der Waals surface area contributed by atoms with E-state index in [1.54, 1.807) is 24.3 Å². The van der Waals surface area contributed by atoms with Gasteiger partial charge in [-0.1, -0.05) is 29.8 Å². The van der Waals surface area contributed by atoms with Crippen molar-refractivity contribution < 1.29 is 8.42 Å². The molecule has 0 bridgehead atoms. The summed E-state index contributed by atoms with van der Waals surface area (Å²) in [7, 11) is -3.58. The van der Waals surface area contributed by atoms with E-state index in [0.29, 0.717) is 14.5 Å². The fourth-order valence-electron chi connectivity index (χ4n) is 1.40. The monoisotopic (exact) mass is 380 g/mol. The first-order chi connectivity index (χ1) is 8.90. The van der Waals surface area contributed by atoms with Crippen LogP contribution in [-0.2, 0) is 16.6 Å². The van der Waals surface area contributed by atoms with Gasteiger partial charge in [-0.05, 0) is 33.6 Å². The average molecular weight is 382 g/mol. The molecule has 0 fully saturated rings. The molecule has 0 saturated carbocycles. The quantitative estimate of drug-likeness (QED) is 0.799. The number of para-hydroxylation sites is 1. The molecule has 0 radical (unpaired) electrons. The van der Waals surface area contributed by atoms with Gasteiger partial charge in [-0.15, -0.1) is 11.3 Å². The van der Waals surface area contributed by atoms with Crippen LogP contribution in [0.1, 0.15) is 5.56 Å². The van der Waals surface area contributed by atoms with Crippen molar-refractivity contribution in [1.82, 2.24) is 4.72 Å². The first-order valence-electron chi connectivity index (χ1n) is 5.18. The highest BCUT2D eigenvalue weighted by atomic mass is 79.9. The van der Waals surface area contributed by atoms with Gasteiger partial charge in [0, 0.05) is 12.2 Å². The summed E-state index contributed by atoms with van der Waals surface area (Å²) in [6.45, 7) is 0.141. The number of benzene rings is 1. The second-order valence-corrected chi connectivity index (χ2v) is 8.48. The molecule has 0 aliphatic rings. The van der Waals surface area contributed by atoms with Gasteiger partial charge in [-0.25, -0.2) is 13.1 Å². The van der Waals surface area contributed by atoms with Gasteiger partial charge in [0.15, 0.2) is 0 Å². The van der Waals surface area contributed by atoms with Crippen molar-refractivity contribution in [2.24, 2.45) is 0 Å². The summed E-state index contributed by atoms with van der Waals surface area (Å²) >= 11 is 10.1. The minimum absolute atomic E-state index is 0.141. The van der Waals surface area contributed by atoms with Crippen LogP contribution in [0.4, 0.5) is 5.69 Å². The summed E-state index contributed by atoms with van der Waals surface area (Å²) in [5, 5.41) is 0.379. The van der Waals surface area contributed by atoms with Gasteiger partial charge < -0.3 is 5.73 Å². The van der Waals surface area contributed by atoms with E-state index in [4.69, 9.17) is 17.3 Å². The molecule has 2 rings (SSSR count). The Morgan fingerprint density at radius 1 is 1.37 bits per heavy atom. The van der Waals surface area contributed by atoms with E-state index in [9.17, 15) is 8.42 Å². The van der Waals surface area contributed by atoms with Gasteiger partial charge in [-0.3, -0.25) is 0 Å². The van der Waals surface area contributed by atoms with Crippen molar-refractivity contribution in [2.45, 2.75) is 10.8 Å². The summed E-state index contributed by atoms with van der Waals surface area (Å²) in [4.78, 5) is 0.